The highest BCUT2D eigenvalue weighted by Gasteiger charge is 2.45. The average molecular weight is 437 g/mol. The minimum Gasteiger partial charge on any atom is -0.496 e. The van der Waals surface area contributed by atoms with E-state index in [1.165, 1.54) is 19.2 Å². The number of methoxy groups -OCH3 is 1. The molecule has 0 saturated heterocycles. The Morgan fingerprint density at radius 2 is 2.00 bits per heavy atom. The number of hydrogen-bond donors (Lipinski definition) is 4. The molecule has 0 spiro atoms. The van der Waals surface area contributed by atoms with Crippen molar-refractivity contribution in [3.63, 3.8) is 0 Å². The number of aromatic nitrogens is 2. The molecule has 1 aliphatic rings. The second-order valence-corrected chi connectivity index (χ2v) is 9.26. The number of aliphatic hydroxyl groups excluding tert-OH is 1. The number of aromatic amines is 1. The summed E-state index contributed by atoms with van der Waals surface area (Å²) in [6, 6.07) is 10.9. The molecule has 1 saturated carbocycles. The number of H-pyrrole nitrogens is 1. The summed E-state index contributed by atoms with van der Waals surface area (Å²) in [5.74, 6) is 0.469. The molecule has 1 aliphatic carbocycles. The van der Waals surface area contributed by atoms with Gasteiger partial charge in [0.1, 0.15) is 5.75 Å². The monoisotopic (exact) mass is 436 g/mol. The van der Waals surface area contributed by atoms with E-state index in [1.54, 1.807) is 18.2 Å². The lowest BCUT2D eigenvalue weighted by atomic mass is 9.94. The first kappa shape index (κ1) is 20.0. The molecule has 0 aliphatic heterocycles. The maximum Gasteiger partial charge on any atom is 0.240 e. The van der Waals surface area contributed by atoms with Crippen molar-refractivity contribution in [1.29, 1.82) is 0 Å². The van der Waals surface area contributed by atoms with E-state index in [2.05, 4.69) is 14.9 Å². The minimum atomic E-state index is -3.79. The third-order valence-electron chi connectivity index (χ3n) is 5.34. The topological polar surface area (TPSA) is 130 Å². The van der Waals surface area contributed by atoms with Gasteiger partial charge in [0.15, 0.2) is 5.82 Å². The van der Waals surface area contributed by atoms with E-state index in [-0.39, 0.29) is 10.8 Å². The van der Waals surface area contributed by atoms with Crippen LogP contribution in [0.15, 0.2) is 47.4 Å². The van der Waals surface area contributed by atoms with Crippen LogP contribution in [0.3, 0.4) is 0 Å². The summed E-state index contributed by atoms with van der Waals surface area (Å²) in [6.45, 7) is 0. The van der Waals surface area contributed by atoms with Crippen molar-refractivity contribution in [3.05, 3.63) is 48.0 Å². The van der Waals surface area contributed by atoms with Crippen LogP contribution in [0, 0.1) is 0 Å². The van der Waals surface area contributed by atoms with E-state index >= 15 is 0 Å². The van der Waals surface area contributed by atoms with Gasteiger partial charge in [-0.15, -0.1) is 11.6 Å². The zero-order valence-corrected chi connectivity index (χ0v) is 17.1. The molecule has 0 bridgehead atoms. The van der Waals surface area contributed by atoms with E-state index in [9.17, 15) is 13.5 Å². The molecule has 0 radical (unpaired) electrons. The van der Waals surface area contributed by atoms with Gasteiger partial charge < -0.3 is 15.6 Å². The molecule has 10 heteroatoms. The molecule has 1 aromatic heterocycles. The lowest BCUT2D eigenvalue weighted by Crippen LogP contribution is -2.41. The molecule has 0 amide bonds. The number of nitrogens with zero attached hydrogens (tertiary/aromatic N) is 1. The van der Waals surface area contributed by atoms with Gasteiger partial charge in [-0.3, -0.25) is 5.10 Å². The fraction of sp³-hybridized carbons (Fsp3) is 0.316. The zero-order valence-electron chi connectivity index (χ0n) is 15.5. The number of aliphatic hydroxyl groups is 1. The Kier molecular flexibility index (Phi) is 5.16. The molecule has 5 N–H and O–H groups in total. The largest absolute Gasteiger partial charge is 0.496 e. The maximum atomic E-state index is 12.7. The smallest absolute Gasteiger partial charge is 0.240 e. The highest BCUT2D eigenvalue weighted by Crippen LogP contribution is 2.45. The second kappa shape index (κ2) is 7.49. The number of anilines is 1. The molecule has 2 aromatic carbocycles. The number of ether oxygens (including phenoxy) is 1. The summed E-state index contributed by atoms with van der Waals surface area (Å²) in [7, 11) is -2.27. The van der Waals surface area contributed by atoms with Crippen LogP contribution >= 0.6 is 11.6 Å². The van der Waals surface area contributed by atoms with Crippen LogP contribution < -0.4 is 15.2 Å². The molecule has 2 unspecified atom stereocenters. The number of hydrogen-bond acceptors (Lipinski definition) is 6. The fourth-order valence-electron chi connectivity index (χ4n) is 3.92. The molecule has 29 heavy (non-hydrogen) atoms. The summed E-state index contributed by atoms with van der Waals surface area (Å²) >= 11 is 6.53. The van der Waals surface area contributed by atoms with Crippen LogP contribution in [0.5, 0.6) is 5.75 Å². The predicted octanol–water partition coefficient (Wildman–Crippen LogP) is 1.96. The Labute approximate surface area is 173 Å². The fourth-order valence-corrected chi connectivity index (χ4v) is 5.62. The molecule has 1 heterocycles. The third kappa shape index (κ3) is 3.44. The number of nitrogen functional groups attached to an aromatic ring is 1. The van der Waals surface area contributed by atoms with E-state index in [0.29, 0.717) is 28.9 Å². The average Bonchev–Trinajstić information content (AvgIpc) is 3.23. The van der Waals surface area contributed by atoms with E-state index in [4.69, 9.17) is 22.1 Å². The minimum absolute atomic E-state index is 0.131. The number of benzene rings is 2. The Balaban J connectivity index is 1.66. The number of nitrogens with two attached hydrogens (primary N) is 1. The number of rotatable bonds is 5. The van der Waals surface area contributed by atoms with Crippen LogP contribution in [-0.4, -0.2) is 48.4 Å². The molecule has 1 fully saturated rings. The Morgan fingerprint density at radius 1 is 1.28 bits per heavy atom. The van der Waals surface area contributed by atoms with Gasteiger partial charge in [0.2, 0.25) is 10.0 Å². The first-order valence-corrected chi connectivity index (χ1v) is 11.0. The lowest BCUT2D eigenvalue weighted by Gasteiger charge is -2.19. The third-order valence-corrected chi connectivity index (χ3v) is 7.40. The van der Waals surface area contributed by atoms with Crippen LogP contribution in [0.1, 0.15) is 17.9 Å². The lowest BCUT2D eigenvalue weighted by molar-refractivity contribution is 0.160. The van der Waals surface area contributed by atoms with Crippen molar-refractivity contribution in [1.82, 2.24) is 14.9 Å². The van der Waals surface area contributed by atoms with Crippen molar-refractivity contribution < 1.29 is 18.3 Å². The van der Waals surface area contributed by atoms with Crippen LogP contribution in [0.2, 0.25) is 0 Å². The van der Waals surface area contributed by atoms with Crippen LogP contribution in [0.25, 0.3) is 10.9 Å². The molecule has 3 aromatic rings. The normalized spacial score (nSPS) is 24.8. The summed E-state index contributed by atoms with van der Waals surface area (Å²) in [5.41, 5.74) is 7.42. The van der Waals surface area contributed by atoms with Gasteiger partial charge in [0.25, 0.3) is 0 Å². The predicted molar refractivity (Wildman–Crippen MR) is 111 cm³/mol. The first-order valence-electron chi connectivity index (χ1n) is 9.03. The van der Waals surface area contributed by atoms with Crippen molar-refractivity contribution in [2.24, 2.45) is 0 Å². The highest BCUT2D eigenvalue weighted by atomic mass is 35.5. The van der Waals surface area contributed by atoms with Gasteiger partial charge in [-0.25, -0.2) is 13.1 Å². The standard InChI is InChI=1S/C19H21ClN4O4S/c1-28-18-11(7-8-13-15(18)19(21)23-22-13)12-9-14(17(25)16(12)20)24-29(26,27)10-5-3-2-4-6-10/h2-8,12,14,16-17,24-25H,9H2,1H3,(H3,21,22,23)/t12?,14-,16?,17+/m1/s1. The SMILES string of the molecule is COc1c(C2C[C@@H](NS(=O)(=O)c3ccccc3)[C@H](O)C2Cl)ccc2[nH]nc(N)c12. The number of fused-ring (bicyclic) bond motifs is 1. The summed E-state index contributed by atoms with van der Waals surface area (Å²) in [4.78, 5) is 0.131. The number of nitrogens with one attached hydrogen (secondary N) is 2. The van der Waals surface area contributed by atoms with E-state index in [1.807, 2.05) is 12.1 Å². The first-order chi connectivity index (χ1) is 13.8. The Hall–Kier alpha value is -2.33. The molecule has 4 rings (SSSR count). The number of halogens is 1. The van der Waals surface area contributed by atoms with Crippen LogP contribution in [0.4, 0.5) is 5.82 Å². The molecule has 4 atom stereocenters. The van der Waals surface area contributed by atoms with Gasteiger partial charge in [-0.05, 0) is 30.2 Å². The van der Waals surface area contributed by atoms with E-state index in [0.717, 1.165) is 5.56 Å². The van der Waals surface area contributed by atoms with Gasteiger partial charge in [0, 0.05) is 5.92 Å². The van der Waals surface area contributed by atoms with Crippen molar-refractivity contribution in [2.75, 3.05) is 12.8 Å². The zero-order chi connectivity index (χ0) is 20.8. The van der Waals surface area contributed by atoms with Gasteiger partial charge in [-0.1, -0.05) is 24.3 Å². The maximum absolute atomic E-state index is 12.7. The Morgan fingerprint density at radius 3 is 2.69 bits per heavy atom. The quantitative estimate of drug-likeness (QED) is 0.452. The van der Waals surface area contributed by atoms with Gasteiger partial charge >= 0.3 is 0 Å². The molecular weight excluding hydrogens is 416 g/mol. The van der Waals surface area contributed by atoms with Crippen molar-refractivity contribution in [3.8, 4) is 5.75 Å². The van der Waals surface area contributed by atoms with Crippen molar-refractivity contribution in [2.45, 2.75) is 34.8 Å². The summed E-state index contributed by atoms with van der Waals surface area (Å²) in [5, 5.41) is 17.4. The van der Waals surface area contributed by atoms with Crippen LogP contribution in [-0.2, 0) is 10.0 Å². The summed E-state index contributed by atoms with van der Waals surface area (Å²) in [6.07, 6.45) is -0.761. The molecular formula is C19H21ClN4O4S. The van der Waals surface area contributed by atoms with Gasteiger partial charge in [-0.2, -0.15) is 5.10 Å². The molecule has 154 valence electrons. The second-order valence-electron chi connectivity index (χ2n) is 7.04. The number of alkyl halides is 1. The van der Waals surface area contributed by atoms with Crippen molar-refractivity contribution >= 4 is 38.3 Å². The molecule has 8 nitrogen and oxygen atoms in total. The summed E-state index contributed by atoms with van der Waals surface area (Å²) < 4.78 is 33.5. The van der Waals surface area contributed by atoms with Gasteiger partial charge in [0.05, 0.1) is 40.4 Å². The van der Waals surface area contributed by atoms with E-state index < -0.39 is 27.5 Å². The highest BCUT2D eigenvalue weighted by molar-refractivity contribution is 7.89. The number of sulfonamides is 1. The Bertz CT molecular complexity index is 1140.